The van der Waals surface area contributed by atoms with Gasteiger partial charge in [-0.3, -0.25) is 9.98 Å². The third-order valence-electron chi connectivity index (χ3n) is 3.80. The average Bonchev–Trinajstić information content (AvgIpc) is 2.57. The van der Waals surface area contributed by atoms with Crippen molar-refractivity contribution >= 4 is 17.7 Å². The third-order valence-corrected chi connectivity index (χ3v) is 5.22. The van der Waals surface area contributed by atoms with E-state index in [-0.39, 0.29) is 4.75 Å². The monoisotopic (exact) mass is 308 g/mol. The maximum atomic E-state index is 5.47. The molecule has 1 aliphatic heterocycles. The van der Waals surface area contributed by atoms with Crippen LogP contribution in [0.4, 0.5) is 0 Å². The van der Waals surface area contributed by atoms with Crippen molar-refractivity contribution in [2.75, 3.05) is 33.1 Å². The van der Waals surface area contributed by atoms with Gasteiger partial charge in [0.05, 0.1) is 12.2 Å². The number of hydrogen-bond acceptors (Lipinski definition) is 4. The second kappa shape index (κ2) is 8.24. The summed E-state index contributed by atoms with van der Waals surface area (Å²) in [5, 5.41) is 6.74. The van der Waals surface area contributed by atoms with Crippen molar-refractivity contribution in [2.24, 2.45) is 4.99 Å². The fourth-order valence-electron chi connectivity index (χ4n) is 2.34. The summed E-state index contributed by atoms with van der Waals surface area (Å²) in [6.45, 7) is 3.28. The molecule has 0 unspecified atom stereocenters. The van der Waals surface area contributed by atoms with Crippen molar-refractivity contribution in [3.63, 3.8) is 0 Å². The number of guanidine groups is 1. The van der Waals surface area contributed by atoms with Gasteiger partial charge in [0.1, 0.15) is 0 Å². The molecule has 2 heterocycles. The topological polar surface area (TPSA) is 58.5 Å². The molecule has 1 aromatic rings. The Morgan fingerprint density at radius 2 is 2.19 bits per heavy atom. The van der Waals surface area contributed by atoms with E-state index in [2.05, 4.69) is 26.9 Å². The minimum atomic E-state index is 0.251. The summed E-state index contributed by atoms with van der Waals surface area (Å²) in [4.78, 5) is 8.58. The van der Waals surface area contributed by atoms with Gasteiger partial charge < -0.3 is 15.4 Å². The number of thioether (sulfide) groups is 1. The van der Waals surface area contributed by atoms with Gasteiger partial charge in [-0.2, -0.15) is 11.8 Å². The highest BCUT2D eigenvalue weighted by molar-refractivity contribution is 8.00. The molecule has 1 fully saturated rings. The number of pyridine rings is 1. The largest absolute Gasteiger partial charge is 0.381 e. The Bertz CT molecular complexity index is 446. The molecule has 1 saturated heterocycles. The number of hydrogen-bond donors (Lipinski definition) is 2. The maximum Gasteiger partial charge on any atom is 0.191 e. The predicted octanol–water partition coefficient (Wildman–Crippen LogP) is 1.66. The van der Waals surface area contributed by atoms with E-state index >= 15 is 0 Å². The first-order valence-corrected chi connectivity index (χ1v) is 8.48. The minimum Gasteiger partial charge on any atom is -0.381 e. The lowest BCUT2D eigenvalue weighted by atomic mass is 9.99. The van der Waals surface area contributed by atoms with E-state index in [0.717, 1.165) is 44.3 Å². The number of nitrogens with one attached hydrogen (secondary N) is 2. The van der Waals surface area contributed by atoms with E-state index < -0.39 is 0 Å². The fourth-order valence-corrected chi connectivity index (χ4v) is 3.13. The highest BCUT2D eigenvalue weighted by atomic mass is 32.2. The van der Waals surface area contributed by atoms with Crippen LogP contribution in [0.2, 0.25) is 0 Å². The van der Waals surface area contributed by atoms with Crippen LogP contribution in [0.5, 0.6) is 0 Å². The number of nitrogens with zero attached hydrogens (tertiary/aromatic N) is 2. The predicted molar refractivity (Wildman–Crippen MR) is 88.7 cm³/mol. The zero-order valence-corrected chi connectivity index (χ0v) is 13.6. The van der Waals surface area contributed by atoms with Crippen molar-refractivity contribution in [3.8, 4) is 0 Å². The summed E-state index contributed by atoms with van der Waals surface area (Å²) >= 11 is 1.92. The smallest absolute Gasteiger partial charge is 0.191 e. The molecule has 6 heteroatoms. The van der Waals surface area contributed by atoms with Crippen LogP contribution < -0.4 is 10.6 Å². The summed E-state index contributed by atoms with van der Waals surface area (Å²) in [6, 6.07) is 5.91. The van der Waals surface area contributed by atoms with E-state index in [9.17, 15) is 0 Å². The molecule has 0 bridgehead atoms. The van der Waals surface area contributed by atoms with Gasteiger partial charge in [0.25, 0.3) is 0 Å². The van der Waals surface area contributed by atoms with Crippen molar-refractivity contribution in [1.29, 1.82) is 0 Å². The molecule has 0 saturated carbocycles. The van der Waals surface area contributed by atoms with Gasteiger partial charge in [-0.25, -0.2) is 0 Å². The van der Waals surface area contributed by atoms with Crippen molar-refractivity contribution < 1.29 is 4.74 Å². The third kappa shape index (κ3) is 4.89. The molecule has 5 nitrogen and oxygen atoms in total. The number of ether oxygens (including phenoxy) is 1. The Morgan fingerprint density at radius 1 is 1.38 bits per heavy atom. The summed E-state index contributed by atoms with van der Waals surface area (Å²) in [6.07, 6.45) is 6.14. The maximum absolute atomic E-state index is 5.47. The molecule has 0 amide bonds. The SMILES string of the molecule is CN=C(NCc1ccccn1)NCC1(SC)CCOCC1. The van der Waals surface area contributed by atoms with Crippen LogP contribution in [0.1, 0.15) is 18.5 Å². The molecule has 116 valence electrons. The van der Waals surface area contributed by atoms with Crippen molar-refractivity contribution in [1.82, 2.24) is 15.6 Å². The Balaban J connectivity index is 1.82. The molecular formula is C15H24N4OS. The minimum absolute atomic E-state index is 0.251. The highest BCUT2D eigenvalue weighted by Gasteiger charge is 2.31. The van der Waals surface area contributed by atoms with Gasteiger partial charge in [-0.15, -0.1) is 0 Å². The molecule has 0 atom stereocenters. The molecule has 2 rings (SSSR count). The van der Waals surface area contributed by atoms with Crippen LogP contribution in [-0.2, 0) is 11.3 Å². The van der Waals surface area contributed by atoms with E-state index in [1.165, 1.54) is 0 Å². The van der Waals surface area contributed by atoms with Crippen LogP contribution in [-0.4, -0.2) is 48.8 Å². The van der Waals surface area contributed by atoms with Gasteiger partial charge in [0.2, 0.25) is 0 Å². The highest BCUT2D eigenvalue weighted by Crippen LogP contribution is 2.32. The molecule has 0 spiro atoms. The van der Waals surface area contributed by atoms with Gasteiger partial charge in [0, 0.05) is 37.8 Å². The summed E-state index contributed by atoms with van der Waals surface area (Å²) in [5.74, 6) is 0.820. The molecule has 21 heavy (non-hydrogen) atoms. The summed E-state index contributed by atoms with van der Waals surface area (Å²) < 4.78 is 5.72. The second-order valence-electron chi connectivity index (χ2n) is 5.10. The lowest BCUT2D eigenvalue weighted by molar-refractivity contribution is 0.0783. The van der Waals surface area contributed by atoms with Gasteiger partial charge >= 0.3 is 0 Å². The van der Waals surface area contributed by atoms with Gasteiger partial charge in [-0.1, -0.05) is 6.07 Å². The van der Waals surface area contributed by atoms with Crippen LogP contribution in [0.25, 0.3) is 0 Å². The molecule has 2 N–H and O–H groups in total. The number of rotatable bonds is 5. The second-order valence-corrected chi connectivity index (χ2v) is 6.37. The molecule has 1 aliphatic rings. The van der Waals surface area contributed by atoms with E-state index in [0.29, 0.717) is 6.54 Å². The average molecular weight is 308 g/mol. The molecule has 0 radical (unpaired) electrons. The van der Waals surface area contributed by atoms with Gasteiger partial charge in [-0.05, 0) is 31.2 Å². The molecule has 0 aliphatic carbocycles. The zero-order chi connectivity index (χ0) is 15.0. The standard InChI is InChI=1S/C15H24N4OS/c1-16-14(18-11-13-5-3-4-8-17-13)19-12-15(21-2)6-9-20-10-7-15/h3-5,8H,6-7,9-12H2,1-2H3,(H2,16,18,19). The zero-order valence-electron chi connectivity index (χ0n) is 12.8. The fraction of sp³-hybridized carbons (Fsp3) is 0.600. The first-order valence-electron chi connectivity index (χ1n) is 7.25. The number of aliphatic imine (C=N–C) groups is 1. The van der Waals surface area contributed by atoms with Crippen LogP contribution in [0.3, 0.4) is 0 Å². The Kier molecular flexibility index (Phi) is 6.32. The molecule has 0 aromatic carbocycles. The first-order chi connectivity index (χ1) is 10.3. The van der Waals surface area contributed by atoms with E-state index in [1.807, 2.05) is 30.0 Å². The first kappa shape index (κ1) is 16.1. The van der Waals surface area contributed by atoms with Crippen LogP contribution >= 0.6 is 11.8 Å². The molecular weight excluding hydrogens is 284 g/mol. The lowest BCUT2D eigenvalue weighted by Gasteiger charge is -2.36. The van der Waals surface area contributed by atoms with Gasteiger partial charge in [0.15, 0.2) is 5.96 Å². The Labute approximate surface area is 131 Å². The Morgan fingerprint density at radius 3 is 2.81 bits per heavy atom. The quantitative estimate of drug-likeness (QED) is 0.640. The Hall–Kier alpha value is -1.27. The van der Waals surface area contributed by atoms with E-state index in [1.54, 1.807) is 13.2 Å². The summed E-state index contributed by atoms with van der Waals surface area (Å²) in [5.41, 5.74) is 1.01. The summed E-state index contributed by atoms with van der Waals surface area (Å²) in [7, 11) is 1.80. The van der Waals surface area contributed by atoms with E-state index in [4.69, 9.17) is 4.74 Å². The van der Waals surface area contributed by atoms with Crippen LogP contribution in [0, 0.1) is 0 Å². The van der Waals surface area contributed by atoms with Crippen molar-refractivity contribution in [2.45, 2.75) is 24.1 Å². The number of aromatic nitrogens is 1. The van der Waals surface area contributed by atoms with Crippen LogP contribution in [0.15, 0.2) is 29.4 Å². The van der Waals surface area contributed by atoms with Crippen molar-refractivity contribution in [3.05, 3.63) is 30.1 Å². The lowest BCUT2D eigenvalue weighted by Crippen LogP contribution is -2.47. The normalized spacial score (nSPS) is 18.3. The molecule has 1 aromatic heterocycles.